The Morgan fingerprint density at radius 3 is 1.48 bits per heavy atom. The Balaban J connectivity index is 1.30. The van der Waals surface area contributed by atoms with E-state index in [1.807, 2.05) is 0 Å². The number of nitrogens with zero attached hydrogens (tertiary/aromatic N) is 1. The van der Waals surface area contributed by atoms with Gasteiger partial charge in [-0.2, -0.15) is 0 Å². The van der Waals surface area contributed by atoms with Gasteiger partial charge in [0, 0.05) is 21.7 Å². The predicted molar refractivity (Wildman–Crippen MR) is 252 cm³/mol. The molecule has 11 aromatic rings. The summed E-state index contributed by atoms with van der Waals surface area (Å²) in [7, 11) is 0. The molecule has 2 heteroatoms. The van der Waals surface area contributed by atoms with E-state index in [1.54, 1.807) is 0 Å². The van der Waals surface area contributed by atoms with Crippen LogP contribution < -0.4 is 4.90 Å². The van der Waals surface area contributed by atoms with E-state index in [2.05, 4.69) is 223 Å². The van der Waals surface area contributed by atoms with Crippen molar-refractivity contribution >= 4 is 83.6 Å². The Hall–Kier alpha value is -7.13. The van der Waals surface area contributed by atoms with Gasteiger partial charge in [0.1, 0.15) is 0 Å². The van der Waals surface area contributed by atoms with Crippen LogP contribution in [0.2, 0.25) is 0 Å². The van der Waals surface area contributed by atoms with Crippen LogP contribution in [0, 0.1) is 0 Å². The Morgan fingerprint density at radius 1 is 0.310 bits per heavy atom. The van der Waals surface area contributed by atoms with E-state index in [4.69, 9.17) is 12.6 Å². The molecule has 0 aromatic heterocycles. The molecule has 0 aliphatic rings. The summed E-state index contributed by atoms with van der Waals surface area (Å²) in [5, 5.41) is 12.3. The van der Waals surface area contributed by atoms with Gasteiger partial charge in [0.15, 0.2) is 0 Å². The monoisotopic (exact) mass is 755 g/mol. The molecule has 1 nitrogen and oxygen atoms in total. The maximum absolute atomic E-state index is 4.70. The lowest BCUT2D eigenvalue weighted by Gasteiger charge is -2.28. The third-order valence-corrected chi connectivity index (χ3v) is 12.0. The first-order valence-electron chi connectivity index (χ1n) is 19.8. The molecule has 0 aliphatic carbocycles. The van der Waals surface area contributed by atoms with Gasteiger partial charge in [0.25, 0.3) is 0 Å². The number of hydrogen-bond acceptors (Lipinski definition) is 2. The van der Waals surface area contributed by atoms with E-state index >= 15 is 0 Å². The summed E-state index contributed by atoms with van der Waals surface area (Å²) in [5.41, 5.74) is 10.6. The number of benzene rings is 11. The van der Waals surface area contributed by atoms with Crippen molar-refractivity contribution in [1.29, 1.82) is 0 Å². The lowest BCUT2D eigenvalue weighted by molar-refractivity contribution is 1.29. The highest BCUT2D eigenvalue weighted by Gasteiger charge is 2.23. The zero-order valence-corrected chi connectivity index (χ0v) is 32.6. The standard InChI is InChI=1S/C56H37NS/c58-43-31-28-41(29-32-43)57(53-34-40-22-10-11-23-44(40)45-24-12-14-26-47(45)53)42-30-33-49-52(35-42)46-25-13-15-27-48(46)55-51(38-18-6-2-7-19-38)36-50(37-16-4-1-5-17-37)54(56(49)55)39-20-8-3-9-21-39/h1-36,58H. The summed E-state index contributed by atoms with van der Waals surface area (Å²) in [4.78, 5) is 3.36. The van der Waals surface area contributed by atoms with E-state index in [9.17, 15) is 0 Å². The summed E-state index contributed by atoms with van der Waals surface area (Å²) in [6, 6.07) is 79.6. The van der Waals surface area contributed by atoms with Crippen molar-refractivity contribution < 1.29 is 0 Å². The summed E-state index contributed by atoms with van der Waals surface area (Å²) < 4.78 is 0. The first-order valence-corrected chi connectivity index (χ1v) is 20.3. The third kappa shape index (κ3) is 5.64. The highest BCUT2D eigenvalue weighted by Crippen LogP contribution is 2.50. The lowest BCUT2D eigenvalue weighted by Crippen LogP contribution is -2.10. The van der Waals surface area contributed by atoms with E-state index in [-0.39, 0.29) is 0 Å². The fourth-order valence-electron chi connectivity index (χ4n) is 9.12. The molecule has 0 unspecified atom stereocenters. The molecule has 0 saturated heterocycles. The quantitative estimate of drug-likeness (QED) is 0.131. The van der Waals surface area contributed by atoms with Gasteiger partial charge in [-0.1, -0.05) is 170 Å². The van der Waals surface area contributed by atoms with Crippen LogP contribution in [-0.4, -0.2) is 0 Å². The number of anilines is 3. The predicted octanol–water partition coefficient (Wildman–Crippen LogP) is 16.2. The minimum absolute atomic E-state index is 0.930. The maximum atomic E-state index is 4.70. The van der Waals surface area contributed by atoms with Crippen molar-refractivity contribution in [3.05, 3.63) is 218 Å². The molecule has 11 rings (SSSR count). The minimum atomic E-state index is 0.930. The van der Waals surface area contributed by atoms with Crippen LogP contribution >= 0.6 is 12.6 Å². The van der Waals surface area contributed by atoms with Gasteiger partial charge < -0.3 is 4.90 Å². The van der Waals surface area contributed by atoms with Crippen LogP contribution in [0.1, 0.15) is 0 Å². The summed E-state index contributed by atoms with van der Waals surface area (Å²) in [5.74, 6) is 0. The molecule has 0 saturated carbocycles. The van der Waals surface area contributed by atoms with E-state index < -0.39 is 0 Å². The molecule has 0 radical (unpaired) electrons. The number of fused-ring (bicyclic) bond motifs is 9. The summed E-state index contributed by atoms with van der Waals surface area (Å²) in [6.07, 6.45) is 0. The van der Waals surface area contributed by atoms with Crippen molar-refractivity contribution in [3.63, 3.8) is 0 Å². The van der Waals surface area contributed by atoms with E-state index in [0.717, 1.165) is 22.0 Å². The smallest absolute Gasteiger partial charge is 0.0546 e. The van der Waals surface area contributed by atoms with Crippen LogP contribution in [0.4, 0.5) is 17.1 Å². The molecule has 0 bridgehead atoms. The number of rotatable bonds is 6. The molecular weight excluding hydrogens is 719 g/mol. The van der Waals surface area contributed by atoms with Crippen molar-refractivity contribution in [2.24, 2.45) is 0 Å². The van der Waals surface area contributed by atoms with Crippen LogP contribution in [0.15, 0.2) is 223 Å². The topological polar surface area (TPSA) is 3.24 Å². The van der Waals surface area contributed by atoms with Crippen molar-refractivity contribution in [2.75, 3.05) is 4.90 Å². The fourth-order valence-corrected chi connectivity index (χ4v) is 9.27. The second-order valence-electron chi connectivity index (χ2n) is 15.0. The Morgan fingerprint density at radius 2 is 0.810 bits per heavy atom. The zero-order valence-electron chi connectivity index (χ0n) is 31.7. The molecule has 11 aromatic carbocycles. The molecule has 0 N–H and O–H groups in total. The Bertz CT molecular complexity index is 3320. The highest BCUT2D eigenvalue weighted by molar-refractivity contribution is 7.80. The van der Waals surface area contributed by atoms with Crippen molar-refractivity contribution in [3.8, 4) is 33.4 Å². The highest BCUT2D eigenvalue weighted by atomic mass is 32.1. The number of hydrogen-bond donors (Lipinski definition) is 1. The second-order valence-corrected chi connectivity index (χ2v) is 15.5. The third-order valence-electron chi connectivity index (χ3n) is 11.7. The molecule has 0 spiro atoms. The molecule has 58 heavy (non-hydrogen) atoms. The summed E-state index contributed by atoms with van der Waals surface area (Å²) >= 11 is 4.70. The fraction of sp³-hybridized carbons (Fsp3) is 0. The maximum Gasteiger partial charge on any atom is 0.0546 e. The van der Waals surface area contributed by atoms with Crippen molar-refractivity contribution in [1.82, 2.24) is 0 Å². The van der Waals surface area contributed by atoms with Crippen LogP contribution in [0.25, 0.3) is 87.2 Å². The zero-order chi connectivity index (χ0) is 38.6. The lowest BCUT2D eigenvalue weighted by atomic mass is 9.81. The average Bonchev–Trinajstić information content (AvgIpc) is 3.30. The summed E-state index contributed by atoms with van der Waals surface area (Å²) in [6.45, 7) is 0. The van der Waals surface area contributed by atoms with Gasteiger partial charge in [0.05, 0.1) is 5.69 Å². The first kappa shape index (κ1) is 34.1. The molecule has 0 fully saturated rings. The SMILES string of the molecule is Sc1ccc(N(c2ccc3c(c2)c2ccccc2c2c(-c4ccccc4)cc(-c4ccccc4)c(-c4ccccc4)c32)c2cc3ccccc3c3ccccc23)cc1. The second kappa shape index (κ2) is 14.1. The van der Waals surface area contributed by atoms with Gasteiger partial charge in [-0.25, -0.2) is 0 Å². The molecule has 0 heterocycles. The Kier molecular flexibility index (Phi) is 8.31. The van der Waals surface area contributed by atoms with Crippen LogP contribution in [0.3, 0.4) is 0 Å². The van der Waals surface area contributed by atoms with E-state index in [1.165, 1.54) is 87.2 Å². The van der Waals surface area contributed by atoms with Crippen molar-refractivity contribution in [2.45, 2.75) is 4.90 Å². The van der Waals surface area contributed by atoms with Gasteiger partial charge >= 0.3 is 0 Å². The minimum Gasteiger partial charge on any atom is -0.310 e. The molecule has 0 aliphatic heterocycles. The van der Waals surface area contributed by atoms with Crippen LogP contribution in [-0.2, 0) is 0 Å². The van der Waals surface area contributed by atoms with Gasteiger partial charge in [-0.3, -0.25) is 0 Å². The first-order chi connectivity index (χ1) is 28.7. The van der Waals surface area contributed by atoms with Gasteiger partial charge in [0.2, 0.25) is 0 Å². The molecular formula is C56H37NS. The van der Waals surface area contributed by atoms with Gasteiger partial charge in [-0.15, -0.1) is 12.6 Å². The normalized spacial score (nSPS) is 11.5. The molecule has 272 valence electrons. The molecule has 0 amide bonds. The van der Waals surface area contributed by atoms with E-state index in [0.29, 0.717) is 0 Å². The Labute approximate surface area is 343 Å². The molecule has 0 atom stereocenters. The number of thiol groups is 1. The largest absolute Gasteiger partial charge is 0.310 e. The average molecular weight is 756 g/mol. The van der Waals surface area contributed by atoms with Gasteiger partial charge in [-0.05, 0) is 130 Å². The van der Waals surface area contributed by atoms with Crippen LogP contribution in [0.5, 0.6) is 0 Å².